The molecule has 30 heavy (non-hydrogen) atoms. The quantitative estimate of drug-likeness (QED) is 0.703. The van der Waals surface area contributed by atoms with Gasteiger partial charge in [-0.15, -0.1) is 0 Å². The first-order valence-electron chi connectivity index (χ1n) is 11.3. The number of carbonyl (C=O) groups excluding carboxylic acids is 1. The van der Waals surface area contributed by atoms with Crippen LogP contribution in [0.1, 0.15) is 56.8 Å². The maximum absolute atomic E-state index is 13.2. The molecule has 3 rings (SSSR count). The molecule has 2 unspecified atom stereocenters. The number of morpholine rings is 1. The molecule has 1 heterocycles. The summed E-state index contributed by atoms with van der Waals surface area (Å²) in [6.45, 7) is 9.60. The Bertz CT molecular complexity index is 655. The lowest BCUT2D eigenvalue weighted by Crippen LogP contribution is -2.52. The Labute approximate surface area is 181 Å². The maximum Gasteiger partial charge on any atom is 0.254 e. The molecule has 1 aromatic rings. The van der Waals surface area contributed by atoms with Gasteiger partial charge in [-0.05, 0) is 45.7 Å². The molecule has 2 atom stereocenters. The lowest BCUT2D eigenvalue weighted by atomic mass is 10.1. The minimum atomic E-state index is -0.528. The number of nitrogens with zero attached hydrogens (tertiary/aromatic N) is 2. The second-order valence-corrected chi connectivity index (χ2v) is 9.59. The topological polar surface area (TPSA) is 62.2 Å². The normalized spacial score (nSPS) is 22.2. The molecule has 1 amide bonds. The number of ether oxygens (including phenoxy) is 2. The van der Waals surface area contributed by atoms with Crippen molar-refractivity contribution in [3.8, 4) is 0 Å². The number of amides is 1. The van der Waals surface area contributed by atoms with Crippen LogP contribution in [0.5, 0.6) is 0 Å². The number of rotatable bonds is 8. The monoisotopic (exact) mass is 418 g/mol. The van der Waals surface area contributed by atoms with E-state index in [1.54, 1.807) is 0 Å². The summed E-state index contributed by atoms with van der Waals surface area (Å²) in [6, 6.07) is 9.85. The molecule has 168 valence electrons. The number of hydrogen-bond donors (Lipinski definition) is 1. The Morgan fingerprint density at radius 2 is 1.97 bits per heavy atom. The van der Waals surface area contributed by atoms with E-state index in [4.69, 9.17) is 9.47 Å². The van der Waals surface area contributed by atoms with E-state index in [1.807, 2.05) is 56.0 Å². The van der Waals surface area contributed by atoms with Gasteiger partial charge < -0.3 is 19.5 Å². The number of aliphatic hydroxyl groups excluding tert-OH is 1. The van der Waals surface area contributed by atoms with E-state index < -0.39 is 6.10 Å². The minimum absolute atomic E-state index is 0.0391. The second kappa shape index (κ2) is 10.7. The Balaban J connectivity index is 1.58. The molecule has 1 N–H and O–H groups in total. The van der Waals surface area contributed by atoms with Gasteiger partial charge in [-0.2, -0.15) is 0 Å². The van der Waals surface area contributed by atoms with Gasteiger partial charge in [0.25, 0.3) is 5.91 Å². The van der Waals surface area contributed by atoms with Crippen LogP contribution in [-0.4, -0.2) is 84.1 Å². The fourth-order valence-electron chi connectivity index (χ4n) is 4.33. The fourth-order valence-corrected chi connectivity index (χ4v) is 4.33. The zero-order valence-corrected chi connectivity index (χ0v) is 18.8. The van der Waals surface area contributed by atoms with Crippen LogP contribution < -0.4 is 0 Å². The van der Waals surface area contributed by atoms with Gasteiger partial charge in [-0.25, -0.2) is 0 Å². The van der Waals surface area contributed by atoms with E-state index in [0.29, 0.717) is 32.3 Å². The van der Waals surface area contributed by atoms with Crippen LogP contribution in [0.15, 0.2) is 30.3 Å². The number of aliphatic hydroxyl groups is 1. The summed E-state index contributed by atoms with van der Waals surface area (Å²) in [7, 11) is 0. The average Bonchev–Trinajstić information content (AvgIpc) is 3.25. The van der Waals surface area contributed by atoms with Gasteiger partial charge in [0.05, 0.1) is 31.0 Å². The Morgan fingerprint density at radius 1 is 1.27 bits per heavy atom. The van der Waals surface area contributed by atoms with Gasteiger partial charge >= 0.3 is 0 Å². The molecule has 0 bridgehead atoms. The van der Waals surface area contributed by atoms with Gasteiger partial charge in [-0.1, -0.05) is 31.0 Å². The fraction of sp³-hybridized carbons (Fsp3) is 0.708. The molecular formula is C24H38N2O4. The highest BCUT2D eigenvalue weighted by atomic mass is 16.5. The van der Waals surface area contributed by atoms with Crippen molar-refractivity contribution in [2.45, 2.75) is 70.3 Å². The predicted molar refractivity (Wildman–Crippen MR) is 118 cm³/mol. The second-order valence-electron chi connectivity index (χ2n) is 9.59. The molecule has 2 fully saturated rings. The lowest BCUT2D eigenvalue weighted by molar-refractivity contribution is -0.0792. The summed E-state index contributed by atoms with van der Waals surface area (Å²) in [5.74, 6) is 0.0989. The van der Waals surface area contributed by atoms with Crippen LogP contribution in [0.2, 0.25) is 0 Å². The number of carbonyl (C=O) groups is 1. The zero-order valence-electron chi connectivity index (χ0n) is 18.8. The Morgan fingerprint density at radius 3 is 2.63 bits per heavy atom. The van der Waals surface area contributed by atoms with Crippen molar-refractivity contribution in [1.82, 2.24) is 9.80 Å². The van der Waals surface area contributed by atoms with Crippen molar-refractivity contribution in [2.24, 2.45) is 0 Å². The predicted octanol–water partition coefficient (Wildman–Crippen LogP) is 2.95. The average molecular weight is 419 g/mol. The molecule has 0 aromatic heterocycles. The number of β-amino-alcohol motifs (C(OH)–C–C–N with tert-alkyl or cyclic N) is 1. The Hall–Kier alpha value is -1.47. The van der Waals surface area contributed by atoms with Crippen molar-refractivity contribution >= 4 is 5.91 Å². The molecule has 6 nitrogen and oxygen atoms in total. The number of hydrogen-bond acceptors (Lipinski definition) is 5. The lowest BCUT2D eigenvalue weighted by Gasteiger charge is -2.38. The van der Waals surface area contributed by atoms with E-state index in [9.17, 15) is 9.90 Å². The van der Waals surface area contributed by atoms with Gasteiger partial charge in [0.15, 0.2) is 0 Å². The maximum atomic E-state index is 13.2. The highest BCUT2D eigenvalue weighted by Crippen LogP contribution is 2.26. The van der Waals surface area contributed by atoms with Gasteiger partial charge in [-0.3, -0.25) is 9.69 Å². The summed E-state index contributed by atoms with van der Waals surface area (Å²) < 4.78 is 11.7. The standard InChI is InChI=1S/C24H38N2O4/c1-24(2,3)30-18-21(27)15-25-13-14-29-22(16-25)17-26(20-11-7-8-12-20)23(28)19-9-5-4-6-10-19/h4-6,9-10,20-22,27H,7-8,11-18H2,1-3H3. The molecule has 2 aliphatic rings. The van der Waals surface area contributed by atoms with Crippen molar-refractivity contribution in [2.75, 3.05) is 39.4 Å². The van der Waals surface area contributed by atoms with E-state index in [-0.39, 0.29) is 17.6 Å². The van der Waals surface area contributed by atoms with Crippen molar-refractivity contribution in [1.29, 1.82) is 0 Å². The van der Waals surface area contributed by atoms with Gasteiger partial charge in [0.1, 0.15) is 0 Å². The third kappa shape index (κ3) is 7.05. The smallest absolute Gasteiger partial charge is 0.254 e. The molecule has 1 aliphatic heterocycles. The largest absolute Gasteiger partial charge is 0.389 e. The van der Waals surface area contributed by atoms with Crippen LogP contribution >= 0.6 is 0 Å². The highest BCUT2D eigenvalue weighted by Gasteiger charge is 2.32. The first-order chi connectivity index (χ1) is 14.3. The molecule has 6 heteroatoms. The highest BCUT2D eigenvalue weighted by molar-refractivity contribution is 5.94. The SMILES string of the molecule is CC(C)(C)OCC(O)CN1CCOC(CN(C(=O)c2ccccc2)C2CCCC2)C1. The third-order valence-corrected chi connectivity index (χ3v) is 5.85. The third-order valence-electron chi connectivity index (χ3n) is 5.85. The van der Waals surface area contributed by atoms with Gasteiger partial charge in [0.2, 0.25) is 0 Å². The van der Waals surface area contributed by atoms with E-state index in [2.05, 4.69) is 4.90 Å². The van der Waals surface area contributed by atoms with Gasteiger partial charge in [0, 0.05) is 37.8 Å². The van der Waals surface area contributed by atoms with Crippen molar-refractivity contribution < 1.29 is 19.4 Å². The molecule has 1 aromatic carbocycles. The molecule has 1 saturated carbocycles. The molecule has 0 radical (unpaired) electrons. The minimum Gasteiger partial charge on any atom is -0.389 e. The van der Waals surface area contributed by atoms with E-state index in [1.165, 1.54) is 12.8 Å². The van der Waals surface area contributed by atoms with Crippen LogP contribution in [0.25, 0.3) is 0 Å². The van der Waals surface area contributed by atoms with E-state index in [0.717, 1.165) is 31.5 Å². The Kier molecular flexibility index (Phi) is 8.28. The summed E-state index contributed by atoms with van der Waals surface area (Å²) in [4.78, 5) is 17.5. The first kappa shape index (κ1) is 23.2. The first-order valence-corrected chi connectivity index (χ1v) is 11.3. The number of benzene rings is 1. The molecule has 1 aliphatic carbocycles. The summed E-state index contributed by atoms with van der Waals surface area (Å²) in [5.41, 5.74) is 0.487. The van der Waals surface area contributed by atoms with E-state index >= 15 is 0 Å². The zero-order chi connectivity index (χ0) is 21.6. The van der Waals surface area contributed by atoms with Crippen LogP contribution in [0.4, 0.5) is 0 Å². The summed E-state index contributed by atoms with van der Waals surface area (Å²) in [5, 5.41) is 10.4. The van der Waals surface area contributed by atoms with Crippen LogP contribution in [0, 0.1) is 0 Å². The van der Waals surface area contributed by atoms with Crippen molar-refractivity contribution in [3.05, 3.63) is 35.9 Å². The van der Waals surface area contributed by atoms with Crippen LogP contribution in [0.3, 0.4) is 0 Å². The molecular weight excluding hydrogens is 380 g/mol. The molecule has 1 saturated heterocycles. The van der Waals surface area contributed by atoms with Crippen LogP contribution in [-0.2, 0) is 9.47 Å². The van der Waals surface area contributed by atoms with Crippen molar-refractivity contribution in [3.63, 3.8) is 0 Å². The molecule has 0 spiro atoms. The summed E-state index contributed by atoms with van der Waals surface area (Å²) in [6.07, 6.45) is 3.93. The summed E-state index contributed by atoms with van der Waals surface area (Å²) >= 11 is 0.